The number of anilines is 1. The van der Waals surface area contributed by atoms with Gasteiger partial charge < -0.3 is 5.32 Å². The Morgan fingerprint density at radius 2 is 2.22 bits per heavy atom. The van der Waals surface area contributed by atoms with Gasteiger partial charge in [-0.1, -0.05) is 6.92 Å². The van der Waals surface area contributed by atoms with Crippen LogP contribution >= 0.6 is 15.9 Å². The smallest absolute Gasteiger partial charge is 0.131 e. The van der Waals surface area contributed by atoms with Crippen LogP contribution in [0.25, 0.3) is 0 Å². The average molecular weight is 313 g/mol. The molecular weight excluding hydrogens is 292 g/mol. The summed E-state index contributed by atoms with van der Waals surface area (Å²) in [7, 11) is 2.21. The molecule has 0 radical (unpaired) electrons. The summed E-state index contributed by atoms with van der Waals surface area (Å²) in [5, 5.41) is 3.40. The van der Waals surface area contributed by atoms with Crippen molar-refractivity contribution in [1.82, 2.24) is 14.9 Å². The fourth-order valence-electron chi connectivity index (χ4n) is 1.95. The molecule has 1 atom stereocenters. The minimum atomic E-state index is 0.524. The van der Waals surface area contributed by atoms with E-state index in [4.69, 9.17) is 0 Å². The molecule has 2 rings (SSSR count). The number of rotatable bonds is 6. The van der Waals surface area contributed by atoms with Crippen molar-refractivity contribution in [2.75, 3.05) is 18.9 Å². The fraction of sp³-hybridized carbons (Fsp3) is 0.692. The van der Waals surface area contributed by atoms with Gasteiger partial charge in [0, 0.05) is 31.1 Å². The number of hydrogen-bond acceptors (Lipinski definition) is 4. The largest absolute Gasteiger partial charge is 0.368 e. The molecule has 0 aliphatic heterocycles. The second-order valence-corrected chi connectivity index (χ2v) is 5.78. The Kier molecular flexibility index (Phi) is 4.56. The fourth-order valence-corrected chi connectivity index (χ4v) is 2.37. The molecule has 1 heterocycles. The first-order valence-electron chi connectivity index (χ1n) is 6.59. The van der Waals surface area contributed by atoms with E-state index in [1.54, 1.807) is 0 Å². The highest BCUT2D eigenvalue weighted by molar-refractivity contribution is 9.10. The monoisotopic (exact) mass is 312 g/mol. The highest BCUT2D eigenvalue weighted by atomic mass is 79.9. The van der Waals surface area contributed by atoms with Gasteiger partial charge in [0.25, 0.3) is 0 Å². The van der Waals surface area contributed by atoms with Crippen LogP contribution in [-0.4, -0.2) is 40.5 Å². The van der Waals surface area contributed by atoms with Gasteiger partial charge in [-0.3, -0.25) is 4.90 Å². The van der Waals surface area contributed by atoms with Gasteiger partial charge in [0.1, 0.15) is 16.2 Å². The van der Waals surface area contributed by atoms with E-state index < -0.39 is 0 Å². The van der Waals surface area contributed by atoms with Crippen molar-refractivity contribution in [3.63, 3.8) is 0 Å². The molecule has 1 unspecified atom stereocenters. The molecule has 0 bridgehead atoms. The van der Waals surface area contributed by atoms with Gasteiger partial charge in [-0.2, -0.15) is 0 Å². The van der Waals surface area contributed by atoms with Gasteiger partial charge in [-0.15, -0.1) is 0 Å². The molecule has 5 heteroatoms. The molecule has 1 N–H and O–H groups in total. The highest BCUT2D eigenvalue weighted by Gasteiger charge is 2.28. The number of aryl methyl sites for hydroxylation is 1. The summed E-state index contributed by atoms with van der Waals surface area (Å²) >= 11 is 3.42. The molecule has 1 aromatic rings. The van der Waals surface area contributed by atoms with Gasteiger partial charge in [-0.05, 0) is 42.7 Å². The lowest BCUT2D eigenvalue weighted by Crippen LogP contribution is -2.36. The summed E-state index contributed by atoms with van der Waals surface area (Å²) in [6, 6.07) is 3.25. The Morgan fingerprint density at radius 1 is 1.50 bits per heavy atom. The van der Waals surface area contributed by atoms with Crippen LogP contribution in [-0.2, 0) is 6.42 Å². The van der Waals surface area contributed by atoms with E-state index in [-0.39, 0.29) is 0 Å². The Balaban J connectivity index is 1.90. The molecule has 1 saturated carbocycles. The van der Waals surface area contributed by atoms with Crippen molar-refractivity contribution in [3.8, 4) is 0 Å². The van der Waals surface area contributed by atoms with Crippen LogP contribution in [0.5, 0.6) is 0 Å². The van der Waals surface area contributed by atoms with Crippen molar-refractivity contribution in [3.05, 3.63) is 16.5 Å². The second kappa shape index (κ2) is 5.97. The van der Waals surface area contributed by atoms with Crippen molar-refractivity contribution in [2.45, 2.75) is 45.2 Å². The van der Waals surface area contributed by atoms with E-state index in [9.17, 15) is 0 Å². The predicted molar refractivity (Wildman–Crippen MR) is 77.8 cm³/mol. The number of nitrogens with one attached hydrogen (secondary N) is 1. The highest BCUT2D eigenvalue weighted by Crippen LogP contribution is 2.26. The molecular formula is C13H21BrN4. The van der Waals surface area contributed by atoms with Crippen molar-refractivity contribution in [1.29, 1.82) is 0 Å². The molecule has 100 valence electrons. The van der Waals surface area contributed by atoms with E-state index in [0.717, 1.165) is 35.3 Å². The Hall–Kier alpha value is -0.680. The molecule has 0 amide bonds. The van der Waals surface area contributed by atoms with Crippen LogP contribution in [0.1, 0.15) is 32.5 Å². The van der Waals surface area contributed by atoms with E-state index in [2.05, 4.69) is 57.0 Å². The minimum Gasteiger partial charge on any atom is -0.368 e. The van der Waals surface area contributed by atoms with E-state index in [1.807, 2.05) is 6.07 Å². The van der Waals surface area contributed by atoms with Crippen LogP contribution < -0.4 is 5.32 Å². The summed E-state index contributed by atoms with van der Waals surface area (Å²) < 4.78 is 0.847. The average Bonchev–Trinajstić information content (AvgIpc) is 3.18. The van der Waals surface area contributed by atoms with E-state index >= 15 is 0 Å². The maximum Gasteiger partial charge on any atom is 0.131 e. The number of likely N-dealkylation sites (N-methyl/N-ethyl adjacent to an activating group) is 1. The first-order chi connectivity index (χ1) is 8.60. The van der Waals surface area contributed by atoms with E-state index in [0.29, 0.717) is 6.04 Å². The first kappa shape index (κ1) is 13.7. The normalized spacial score (nSPS) is 16.9. The molecule has 1 aliphatic rings. The third-order valence-corrected chi connectivity index (χ3v) is 3.86. The number of hydrogen-bond donors (Lipinski definition) is 1. The lowest BCUT2D eigenvalue weighted by molar-refractivity contribution is 0.257. The van der Waals surface area contributed by atoms with Gasteiger partial charge in [0.2, 0.25) is 0 Å². The maximum absolute atomic E-state index is 4.47. The summed E-state index contributed by atoms with van der Waals surface area (Å²) in [6.45, 7) is 5.23. The van der Waals surface area contributed by atoms with Crippen LogP contribution in [0.15, 0.2) is 10.7 Å². The SMILES string of the molecule is CCc1nc(Br)cc(NCC(C)N(C)C2CC2)n1. The lowest BCUT2D eigenvalue weighted by Gasteiger charge is -2.24. The van der Waals surface area contributed by atoms with E-state index in [1.165, 1.54) is 12.8 Å². The van der Waals surface area contributed by atoms with Crippen LogP contribution in [0.4, 0.5) is 5.82 Å². The third kappa shape index (κ3) is 3.65. The standard InChI is InChI=1S/C13H21BrN4/c1-4-12-16-11(14)7-13(17-12)15-8-9(2)18(3)10-5-6-10/h7,9-10H,4-6,8H2,1-3H3,(H,15,16,17). The minimum absolute atomic E-state index is 0.524. The first-order valence-corrected chi connectivity index (χ1v) is 7.38. The zero-order valence-electron chi connectivity index (χ0n) is 11.3. The lowest BCUT2D eigenvalue weighted by atomic mass is 10.3. The van der Waals surface area contributed by atoms with Gasteiger partial charge in [0.05, 0.1) is 0 Å². The van der Waals surface area contributed by atoms with Crippen LogP contribution in [0, 0.1) is 0 Å². The topological polar surface area (TPSA) is 41.1 Å². The number of nitrogens with zero attached hydrogens (tertiary/aromatic N) is 3. The van der Waals surface area contributed by atoms with Gasteiger partial charge in [0.15, 0.2) is 0 Å². The van der Waals surface area contributed by atoms with Crippen molar-refractivity contribution >= 4 is 21.7 Å². The Labute approximate surface area is 117 Å². The summed E-state index contributed by atoms with van der Waals surface area (Å²) in [5.41, 5.74) is 0. The zero-order chi connectivity index (χ0) is 13.1. The second-order valence-electron chi connectivity index (χ2n) is 4.97. The molecule has 0 saturated heterocycles. The summed E-state index contributed by atoms with van der Waals surface area (Å²) in [5.74, 6) is 1.78. The third-order valence-electron chi connectivity index (χ3n) is 3.45. The molecule has 0 spiro atoms. The number of halogens is 1. The summed E-state index contributed by atoms with van der Waals surface area (Å²) in [4.78, 5) is 11.2. The molecule has 4 nitrogen and oxygen atoms in total. The van der Waals surface area contributed by atoms with Crippen LogP contribution in [0.2, 0.25) is 0 Å². The molecule has 1 fully saturated rings. The Morgan fingerprint density at radius 3 is 2.83 bits per heavy atom. The van der Waals surface area contributed by atoms with Crippen LogP contribution in [0.3, 0.4) is 0 Å². The molecule has 1 aromatic heterocycles. The van der Waals surface area contributed by atoms with Gasteiger partial charge >= 0.3 is 0 Å². The summed E-state index contributed by atoms with van der Waals surface area (Å²) in [6.07, 6.45) is 3.55. The molecule has 0 aromatic carbocycles. The molecule has 18 heavy (non-hydrogen) atoms. The quantitative estimate of drug-likeness (QED) is 0.820. The van der Waals surface area contributed by atoms with Crippen molar-refractivity contribution in [2.24, 2.45) is 0 Å². The van der Waals surface area contributed by atoms with Gasteiger partial charge in [-0.25, -0.2) is 9.97 Å². The Bertz CT molecular complexity index is 406. The predicted octanol–water partition coefficient (Wildman–Crippen LogP) is 2.70. The zero-order valence-corrected chi connectivity index (χ0v) is 12.9. The number of aromatic nitrogens is 2. The maximum atomic E-state index is 4.47. The van der Waals surface area contributed by atoms with Crippen molar-refractivity contribution < 1.29 is 0 Å². The molecule has 1 aliphatic carbocycles.